The van der Waals surface area contributed by atoms with Crippen LogP contribution in [-0.2, 0) is 0 Å². The molecule has 0 radical (unpaired) electrons. The molecule has 0 unspecified atom stereocenters. The van der Waals surface area contributed by atoms with Crippen molar-refractivity contribution in [3.8, 4) is 0 Å². The highest BCUT2D eigenvalue weighted by molar-refractivity contribution is 5.70. The van der Waals surface area contributed by atoms with E-state index >= 15 is 0 Å². The molecule has 0 saturated carbocycles. The first-order chi connectivity index (χ1) is 9.70. The molecule has 0 aliphatic heterocycles. The van der Waals surface area contributed by atoms with Crippen LogP contribution in [0.25, 0.3) is 5.57 Å². The van der Waals surface area contributed by atoms with Crippen LogP contribution in [-0.4, -0.2) is 0 Å². The number of unbranched alkanes of at least 4 members (excludes halogenated alkanes) is 4. The van der Waals surface area contributed by atoms with Crippen molar-refractivity contribution in [2.24, 2.45) is 0 Å². The lowest BCUT2D eigenvalue weighted by Crippen LogP contribution is -1.94. The summed E-state index contributed by atoms with van der Waals surface area (Å²) in [6.45, 7) is 9.13. The zero-order valence-electron chi connectivity index (χ0n) is 14.0. The van der Waals surface area contributed by atoms with Crippen LogP contribution in [0.2, 0.25) is 0 Å². The second-order valence-corrected chi connectivity index (χ2v) is 5.99. The lowest BCUT2D eigenvalue weighted by atomic mass is 9.90. The van der Waals surface area contributed by atoms with Gasteiger partial charge in [0, 0.05) is 0 Å². The molecule has 0 atom stereocenters. The van der Waals surface area contributed by atoms with Gasteiger partial charge in [-0.1, -0.05) is 75.8 Å². The van der Waals surface area contributed by atoms with E-state index in [1.807, 2.05) is 0 Å². The van der Waals surface area contributed by atoms with Gasteiger partial charge >= 0.3 is 0 Å². The predicted octanol–water partition coefficient (Wildman–Crippen LogP) is 6.93. The molecule has 0 bridgehead atoms. The Bertz CT molecular complexity index is 412. The molecule has 0 aliphatic rings. The van der Waals surface area contributed by atoms with Gasteiger partial charge in [-0.3, -0.25) is 0 Å². The van der Waals surface area contributed by atoms with Crippen LogP contribution in [0.5, 0.6) is 0 Å². The van der Waals surface area contributed by atoms with Crippen LogP contribution < -0.4 is 0 Å². The van der Waals surface area contributed by atoms with Crippen molar-refractivity contribution in [2.45, 2.75) is 79.1 Å². The van der Waals surface area contributed by atoms with Crippen molar-refractivity contribution >= 4 is 5.57 Å². The fourth-order valence-corrected chi connectivity index (χ4v) is 2.92. The van der Waals surface area contributed by atoms with Crippen LogP contribution in [0.15, 0.2) is 29.8 Å². The van der Waals surface area contributed by atoms with Gasteiger partial charge in [0.2, 0.25) is 0 Å². The largest absolute Gasteiger partial charge is 0.0695 e. The Morgan fingerprint density at radius 2 is 1.55 bits per heavy atom. The molecular weight excluding hydrogens is 240 g/mol. The van der Waals surface area contributed by atoms with Crippen LogP contribution >= 0.6 is 0 Å². The Morgan fingerprint density at radius 1 is 0.850 bits per heavy atom. The second kappa shape index (κ2) is 9.80. The van der Waals surface area contributed by atoms with Crippen LogP contribution in [0.1, 0.15) is 83.3 Å². The van der Waals surface area contributed by atoms with E-state index in [0.29, 0.717) is 0 Å². The molecule has 0 heteroatoms. The van der Waals surface area contributed by atoms with E-state index in [0.717, 1.165) is 0 Å². The minimum Gasteiger partial charge on any atom is -0.0695 e. The molecule has 0 N–H and O–H groups in total. The normalized spacial score (nSPS) is 12.4. The summed E-state index contributed by atoms with van der Waals surface area (Å²) in [5.74, 6) is 0. The molecule has 1 aromatic carbocycles. The number of rotatable bonds is 9. The number of benzene rings is 1. The summed E-state index contributed by atoms with van der Waals surface area (Å²) in [5, 5.41) is 0. The molecule has 20 heavy (non-hydrogen) atoms. The third-order valence-electron chi connectivity index (χ3n) is 4.14. The highest BCUT2D eigenvalue weighted by Gasteiger charge is 2.08. The van der Waals surface area contributed by atoms with E-state index in [1.54, 1.807) is 11.1 Å². The number of allylic oxidation sites excluding steroid dienone is 2. The Kier molecular flexibility index (Phi) is 8.34. The van der Waals surface area contributed by atoms with E-state index in [2.05, 4.69) is 52.0 Å². The minimum atomic E-state index is 1.23. The average molecular weight is 272 g/mol. The van der Waals surface area contributed by atoms with Gasteiger partial charge in [-0.25, -0.2) is 0 Å². The smallest absolute Gasteiger partial charge is 0.0196 e. The first kappa shape index (κ1) is 17.0. The summed E-state index contributed by atoms with van der Waals surface area (Å²) in [6.07, 6.45) is 10.6. The molecule has 0 fully saturated rings. The van der Waals surface area contributed by atoms with Crippen molar-refractivity contribution in [2.75, 3.05) is 0 Å². The molecule has 1 rings (SSSR count). The fraction of sp³-hybridized carbons (Fsp3) is 0.600. The van der Waals surface area contributed by atoms with E-state index in [-0.39, 0.29) is 0 Å². The van der Waals surface area contributed by atoms with Crippen molar-refractivity contribution in [3.05, 3.63) is 41.0 Å². The molecular formula is C20H32. The second-order valence-electron chi connectivity index (χ2n) is 5.99. The van der Waals surface area contributed by atoms with Crippen molar-refractivity contribution in [1.29, 1.82) is 0 Å². The van der Waals surface area contributed by atoms with Gasteiger partial charge in [0.1, 0.15) is 0 Å². The summed E-state index contributed by atoms with van der Waals surface area (Å²) in [5.41, 5.74) is 6.11. The van der Waals surface area contributed by atoms with Gasteiger partial charge in [0.05, 0.1) is 0 Å². The van der Waals surface area contributed by atoms with E-state index < -0.39 is 0 Å². The van der Waals surface area contributed by atoms with E-state index in [1.165, 1.54) is 62.5 Å². The Balaban J connectivity index is 2.77. The summed E-state index contributed by atoms with van der Waals surface area (Å²) in [7, 11) is 0. The average Bonchev–Trinajstić information content (AvgIpc) is 2.44. The fourth-order valence-electron chi connectivity index (χ4n) is 2.92. The topological polar surface area (TPSA) is 0 Å². The maximum Gasteiger partial charge on any atom is -0.0196 e. The van der Waals surface area contributed by atoms with Gasteiger partial charge in [-0.2, -0.15) is 0 Å². The first-order valence-electron chi connectivity index (χ1n) is 8.45. The zero-order valence-corrected chi connectivity index (χ0v) is 14.0. The van der Waals surface area contributed by atoms with Gasteiger partial charge in [-0.05, 0) is 49.8 Å². The van der Waals surface area contributed by atoms with Gasteiger partial charge in [-0.15, -0.1) is 0 Å². The summed E-state index contributed by atoms with van der Waals surface area (Å²) < 4.78 is 0. The summed E-state index contributed by atoms with van der Waals surface area (Å²) in [4.78, 5) is 0. The Hall–Kier alpha value is -1.04. The van der Waals surface area contributed by atoms with Crippen LogP contribution in [0, 0.1) is 6.92 Å². The Morgan fingerprint density at radius 3 is 2.20 bits per heavy atom. The van der Waals surface area contributed by atoms with Gasteiger partial charge in [0.25, 0.3) is 0 Å². The minimum absolute atomic E-state index is 1.23. The lowest BCUT2D eigenvalue weighted by molar-refractivity contribution is 0.639. The number of hydrogen-bond acceptors (Lipinski definition) is 0. The third-order valence-corrected chi connectivity index (χ3v) is 4.14. The van der Waals surface area contributed by atoms with E-state index in [9.17, 15) is 0 Å². The Labute approximate surface area is 126 Å². The lowest BCUT2D eigenvalue weighted by Gasteiger charge is -2.15. The molecule has 1 aromatic rings. The molecule has 0 aliphatic carbocycles. The molecule has 0 heterocycles. The highest BCUT2D eigenvalue weighted by Crippen LogP contribution is 2.29. The molecule has 0 amide bonds. The van der Waals surface area contributed by atoms with Gasteiger partial charge < -0.3 is 0 Å². The van der Waals surface area contributed by atoms with E-state index in [4.69, 9.17) is 0 Å². The van der Waals surface area contributed by atoms with Crippen molar-refractivity contribution < 1.29 is 0 Å². The summed E-state index contributed by atoms with van der Waals surface area (Å²) >= 11 is 0. The predicted molar refractivity (Wildman–Crippen MR) is 92.1 cm³/mol. The maximum absolute atomic E-state index is 2.33. The van der Waals surface area contributed by atoms with Crippen molar-refractivity contribution in [1.82, 2.24) is 0 Å². The van der Waals surface area contributed by atoms with Crippen LogP contribution in [0.3, 0.4) is 0 Å². The number of hydrogen-bond donors (Lipinski definition) is 0. The van der Waals surface area contributed by atoms with Gasteiger partial charge in [0.15, 0.2) is 0 Å². The molecule has 0 saturated heterocycles. The summed E-state index contributed by atoms with van der Waals surface area (Å²) in [6, 6.07) is 8.87. The van der Waals surface area contributed by atoms with Crippen LogP contribution in [0.4, 0.5) is 0 Å². The van der Waals surface area contributed by atoms with Crippen molar-refractivity contribution in [3.63, 3.8) is 0 Å². The first-order valence-corrected chi connectivity index (χ1v) is 8.45. The quantitative estimate of drug-likeness (QED) is 0.427. The zero-order chi connectivity index (χ0) is 14.8. The molecule has 112 valence electrons. The standard InChI is InChI=1S/C20H32/c1-5-7-8-9-10-15-19(17(3)13-6-2)20-16-12-11-14-18(20)4/h11-12,14,16H,5-10,13,15H2,1-4H3/b19-17+. The molecule has 0 spiro atoms. The molecule has 0 aromatic heterocycles. The molecule has 0 nitrogen and oxygen atoms in total. The highest BCUT2D eigenvalue weighted by atomic mass is 14.1. The third kappa shape index (κ3) is 5.53. The SMILES string of the molecule is CCCCCCC/C(=C(/C)CCC)c1ccccc1C. The monoisotopic (exact) mass is 272 g/mol. The maximum atomic E-state index is 2.33. The number of aryl methyl sites for hydroxylation is 1.